The van der Waals surface area contributed by atoms with Gasteiger partial charge in [-0.05, 0) is 30.5 Å². The molecule has 0 bridgehead atoms. The third-order valence-electron chi connectivity index (χ3n) is 4.34. The highest BCUT2D eigenvalue weighted by Crippen LogP contribution is 2.19. The number of benzene rings is 1. The zero-order valence-electron chi connectivity index (χ0n) is 15.1. The van der Waals surface area contributed by atoms with Gasteiger partial charge in [0.15, 0.2) is 11.6 Å². The Labute approximate surface area is 158 Å². The van der Waals surface area contributed by atoms with Crippen molar-refractivity contribution >= 4 is 11.7 Å². The molecule has 0 unspecified atom stereocenters. The normalized spacial score (nSPS) is 18.3. The molecule has 4 N–H and O–H groups in total. The fourth-order valence-corrected chi connectivity index (χ4v) is 3.05. The number of hydrazone groups is 1. The number of halogens is 5. The second-order valence-corrected chi connectivity index (χ2v) is 6.67. The Morgan fingerprint density at radius 1 is 1.21 bits per heavy atom. The predicted molar refractivity (Wildman–Crippen MR) is 93.1 cm³/mol. The van der Waals surface area contributed by atoms with Gasteiger partial charge >= 0.3 is 6.18 Å². The molecule has 1 aromatic rings. The minimum Gasteiger partial charge on any atom is -0.348 e. The van der Waals surface area contributed by atoms with Crippen molar-refractivity contribution in [2.45, 2.75) is 31.5 Å². The zero-order valence-corrected chi connectivity index (χ0v) is 15.1. The van der Waals surface area contributed by atoms with Gasteiger partial charge in [0.25, 0.3) is 0 Å². The Hall–Kier alpha value is -2.43. The lowest BCUT2D eigenvalue weighted by molar-refractivity contribution is -0.137. The average Bonchev–Trinajstić information content (AvgIpc) is 2.78. The van der Waals surface area contributed by atoms with Gasteiger partial charge in [0, 0.05) is 25.6 Å². The van der Waals surface area contributed by atoms with Gasteiger partial charge in [0.05, 0.1) is 6.54 Å². The number of hydrogen-bond acceptors (Lipinski definition) is 4. The summed E-state index contributed by atoms with van der Waals surface area (Å²) in [5, 5.41) is 3.41. The molecule has 0 saturated carbocycles. The van der Waals surface area contributed by atoms with Crippen molar-refractivity contribution in [2.75, 3.05) is 26.2 Å². The number of amidine groups is 1. The molecule has 6 nitrogen and oxygen atoms in total. The molecule has 1 atom stereocenters. The van der Waals surface area contributed by atoms with E-state index in [4.69, 9.17) is 11.6 Å². The van der Waals surface area contributed by atoms with Crippen LogP contribution in [0.3, 0.4) is 0 Å². The monoisotopic (exact) mass is 407 g/mol. The summed E-state index contributed by atoms with van der Waals surface area (Å²) < 4.78 is 64.3. The molecule has 1 saturated heterocycles. The second kappa shape index (κ2) is 9.18. The van der Waals surface area contributed by atoms with Gasteiger partial charge in [-0.1, -0.05) is 6.07 Å². The molecule has 0 aliphatic carbocycles. The van der Waals surface area contributed by atoms with Gasteiger partial charge in [-0.15, -0.1) is 0 Å². The van der Waals surface area contributed by atoms with E-state index >= 15 is 0 Å². The molecule has 1 aliphatic rings. The lowest BCUT2D eigenvalue weighted by atomic mass is 10.0. The van der Waals surface area contributed by atoms with Crippen LogP contribution in [0.4, 0.5) is 22.0 Å². The summed E-state index contributed by atoms with van der Waals surface area (Å²) in [6.07, 6.45) is -4.05. The van der Waals surface area contributed by atoms with Crippen molar-refractivity contribution in [1.82, 2.24) is 9.80 Å². The number of nitrogens with two attached hydrogens (primary N) is 2. The summed E-state index contributed by atoms with van der Waals surface area (Å²) in [5.74, 6) is 2.84. The number of carbonyl (C=O) groups is 1. The van der Waals surface area contributed by atoms with Crippen LogP contribution >= 0.6 is 0 Å². The largest absolute Gasteiger partial charge is 0.405 e. The molecular formula is C17H22F5N5O. The highest BCUT2D eigenvalue weighted by Gasteiger charge is 2.34. The average molecular weight is 407 g/mol. The Balaban J connectivity index is 1.96. The van der Waals surface area contributed by atoms with Crippen molar-refractivity contribution < 1.29 is 26.7 Å². The Bertz CT molecular complexity index is 724. The fourth-order valence-electron chi connectivity index (χ4n) is 3.05. The van der Waals surface area contributed by atoms with Gasteiger partial charge in [0.2, 0.25) is 5.91 Å². The smallest absolute Gasteiger partial charge is 0.348 e. The van der Waals surface area contributed by atoms with E-state index in [0.29, 0.717) is 12.0 Å². The van der Waals surface area contributed by atoms with Gasteiger partial charge in [-0.3, -0.25) is 4.79 Å². The molecule has 2 rings (SSSR count). The SMILES string of the molecule is N/N=C1/CN(C(=O)C[C@H](N)Cc2ccc(F)c(F)c2)CCCN1CC(F)(F)F. The summed E-state index contributed by atoms with van der Waals surface area (Å²) in [5.41, 5.74) is 6.38. The number of alkyl halides is 3. The lowest BCUT2D eigenvalue weighted by Gasteiger charge is -2.26. The summed E-state index contributed by atoms with van der Waals surface area (Å²) in [7, 11) is 0. The first kappa shape index (κ1) is 21.9. The topological polar surface area (TPSA) is 87.9 Å². The second-order valence-electron chi connectivity index (χ2n) is 6.67. The number of carbonyl (C=O) groups excluding carboxylic acids is 1. The minimum absolute atomic E-state index is 0.0302. The Morgan fingerprint density at radius 3 is 2.54 bits per heavy atom. The van der Waals surface area contributed by atoms with E-state index < -0.39 is 30.4 Å². The number of nitrogens with zero attached hydrogens (tertiary/aromatic N) is 3. The van der Waals surface area contributed by atoms with Crippen LogP contribution in [0.5, 0.6) is 0 Å². The molecule has 156 valence electrons. The molecule has 1 aromatic carbocycles. The molecular weight excluding hydrogens is 385 g/mol. The molecule has 1 heterocycles. The van der Waals surface area contributed by atoms with E-state index in [1.165, 1.54) is 11.0 Å². The summed E-state index contributed by atoms with van der Waals surface area (Å²) in [4.78, 5) is 14.9. The quantitative estimate of drug-likeness (QED) is 0.441. The van der Waals surface area contributed by atoms with Gasteiger partial charge < -0.3 is 21.4 Å². The highest BCUT2D eigenvalue weighted by molar-refractivity contribution is 5.89. The molecule has 0 spiro atoms. The maximum Gasteiger partial charge on any atom is 0.405 e. The molecule has 11 heteroatoms. The van der Waals surface area contributed by atoms with E-state index in [9.17, 15) is 26.7 Å². The highest BCUT2D eigenvalue weighted by atomic mass is 19.4. The standard InChI is InChI=1S/C17H22F5N5O/c18-13-3-2-11(7-14(13)19)6-12(23)8-16(28)26-4-1-5-27(10-17(20,21)22)15(9-26)25-24/h2-3,7,12H,1,4-6,8-10,23-24H2/b25-15-/t12-/m1/s1. The minimum atomic E-state index is -4.41. The summed E-state index contributed by atoms with van der Waals surface area (Å²) >= 11 is 0. The van der Waals surface area contributed by atoms with Crippen LogP contribution in [-0.2, 0) is 11.2 Å². The van der Waals surface area contributed by atoms with Crippen LogP contribution < -0.4 is 11.6 Å². The predicted octanol–water partition coefficient (Wildman–Crippen LogP) is 1.59. The summed E-state index contributed by atoms with van der Waals surface area (Å²) in [6.45, 7) is -1.03. The van der Waals surface area contributed by atoms with Crippen LogP contribution in [0, 0.1) is 11.6 Å². The third-order valence-corrected chi connectivity index (χ3v) is 4.34. The van der Waals surface area contributed by atoms with Gasteiger partial charge in [-0.25, -0.2) is 8.78 Å². The van der Waals surface area contributed by atoms with E-state index in [1.54, 1.807) is 0 Å². The van der Waals surface area contributed by atoms with Crippen molar-refractivity contribution in [1.29, 1.82) is 0 Å². The van der Waals surface area contributed by atoms with Crippen molar-refractivity contribution in [3.05, 3.63) is 35.4 Å². The maximum absolute atomic E-state index is 13.3. The molecule has 28 heavy (non-hydrogen) atoms. The summed E-state index contributed by atoms with van der Waals surface area (Å²) in [6, 6.07) is 2.71. The van der Waals surface area contributed by atoms with E-state index in [1.807, 2.05) is 0 Å². The van der Waals surface area contributed by atoms with Crippen LogP contribution in [0.1, 0.15) is 18.4 Å². The van der Waals surface area contributed by atoms with Crippen LogP contribution in [-0.4, -0.2) is 59.9 Å². The number of hydrogen-bond donors (Lipinski definition) is 2. The fraction of sp³-hybridized carbons (Fsp3) is 0.529. The Kier molecular flexibility index (Phi) is 7.17. The van der Waals surface area contributed by atoms with Crippen molar-refractivity contribution in [3.63, 3.8) is 0 Å². The first-order valence-electron chi connectivity index (χ1n) is 8.65. The van der Waals surface area contributed by atoms with Crippen LogP contribution in [0.2, 0.25) is 0 Å². The zero-order chi connectivity index (χ0) is 20.9. The first-order valence-corrected chi connectivity index (χ1v) is 8.65. The Morgan fingerprint density at radius 2 is 1.93 bits per heavy atom. The van der Waals surface area contributed by atoms with Crippen molar-refractivity contribution in [2.24, 2.45) is 16.7 Å². The molecule has 1 amide bonds. The van der Waals surface area contributed by atoms with E-state index in [-0.39, 0.29) is 44.2 Å². The van der Waals surface area contributed by atoms with E-state index in [2.05, 4.69) is 5.10 Å². The molecule has 1 aliphatic heterocycles. The molecule has 0 aromatic heterocycles. The van der Waals surface area contributed by atoms with Crippen LogP contribution in [0.15, 0.2) is 23.3 Å². The van der Waals surface area contributed by atoms with E-state index in [0.717, 1.165) is 17.0 Å². The third kappa shape index (κ3) is 6.32. The number of rotatable bonds is 5. The first-order chi connectivity index (χ1) is 13.1. The van der Waals surface area contributed by atoms with Gasteiger partial charge in [-0.2, -0.15) is 18.3 Å². The lowest BCUT2D eigenvalue weighted by Crippen LogP contribution is -2.44. The maximum atomic E-state index is 13.3. The molecule has 1 fully saturated rings. The van der Waals surface area contributed by atoms with Crippen LogP contribution in [0.25, 0.3) is 0 Å². The van der Waals surface area contributed by atoms with Gasteiger partial charge in [0.1, 0.15) is 12.4 Å². The number of amides is 1. The molecule has 0 radical (unpaired) electrons. The van der Waals surface area contributed by atoms with Crippen molar-refractivity contribution in [3.8, 4) is 0 Å².